The average Bonchev–Trinajstić information content (AvgIpc) is 2.22. The van der Waals surface area contributed by atoms with E-state index in [1.165, 1.54) is 0 Å². The van der Waals surface area contributed by atoms with Crippen LogP contribution in [0.25, 0.3) is 0 Å². The van der Waals surface area contributed by atoms with Crippen LogP contribution in [0.2, 0.25) is 0 Å². The van der Waals surface area contributed by atoms with Gasteiger partial charge in [0.1, 0.15) is 0 Å². The van der Waals surface area contributed by atoms with Crippen LogP contribution in [0.4, 0.5) is 0 Å². The molecular weight excluding hydrogens is 190 g/mol. The van der Waals surface area contributed by atoms with Gasteiger partial charge in [-0.15, -0.1) is 0 Å². The summed E-state index contributed by atoms with van der Waals surface area (Å²) in [6.07, 6.45) is 1.30. The van der Waals surface area contributed by atoms with Gasteiger partial charge in [-0.3, -0.25) is 0 Å². The largest absolute Gasteiger partial charge is 0.394 e. The van der Waals surface area contributed by atoms with Crippen LogP contribution in [0.1, 0.15) is 41.0 Å². The molecule has 0 aliphatic rings. The molecule has 2 atom stereocenters. The number of aliphatic hydroxyl groups excluding tert-OH is 1. The van der Waals surface area contributed by atoms with Crippen LogP contribution >= 0.6 is 0 Å². The lowest BCUT2D eigenvalue weighted by Crippen LogP contribution is -2.50. The van der Waals surface area contributed by atoms with Crippen LogP contribution in [-0.4, -0.2) is 36.5 Å². The van der Waals surface area contributed by atoms with E-state index in [0.29, 0.717) is 12.5 Å². The molecule has 0 aromatic carbocycles. The van der Waals surface area contributed by atoms with Crippen molar-refractivity contribution in [3.63, 3.8) is 0 Å². The van der Waals surface area contributed by atoms with Gasteiger partial charge < -0.3 is 15.2 Å². The highest BCUT2D eigenvalue weighted by Crippen LogP contribution is 2.10. The van der Waals surface area contributed by atoms with Crippen molar-refractivity contribution in [2.75, 3.05) is 19.8 Å². The maximum Gasteiger partial charge on any atom is 0.0671 e. The molecule has 0 aromatic heterocycles. The van der Waals surface area contributed by atoms with Gasteiger partial charge in [-0.2, -0.15) is 0 Å². The van der Waals surface area contributed by atoms with Gasteiger partial charge in [-0.25, -0.2) is 0 Å². The van der Waals surface area contributed by atoms with Gasteiger partial charge in [0.2, 0.25) is 0 Å². The van der Waals surface area contributed by atoms with Crippen molar-refractivity contribution in [1.29, 1.82) is 0 Å². The first kappa shape index (κ1) is 14.9. The molecule has 0 aliphatic carbocycles. The van der Waals surface area contributed by atoms with Gasteiger partial charge in [0.25, 0.3) is 0 Å². The third-order valence-electron chi connectivity index (χ3n) is 2.75. The zero-order valence-corrected chi connectivity index (χ0v) is 10.8. The van der Waals surface area contributed by atoms with E-state index in [2.05, 4.69) is 33.0 Å². The Morgan fingerprint density at radius 1 is 1.33 bits per heavy atom. The summed E-state index contributed by atoms with van der Waals surface area (Å²) in [6, 6.07) is 0. The summed E-state index contributed by atoms with van der Waals surface area (Å²) in [5.74, 6) is 0.513. The van der Waals surface area contributed by atoms with Crippen LogP contribution in [0.5, 0.6) is 0 Å². The van der Waals surface area contributed by atoms with Crippen molar-refractivity contribution in [1.82, 2.24) is 5.32 Å². The van der Waals surface area contributed by atoms with Crippen LogP contribution in [0.15, 0.2) is 0 Å². The van der Waals surface area contributed by atoms with Crippen molar-refractivity contribution >= 4 is 0 Å². The molecule has 3 nitrogen and oxygen atoms in total. The first-order valence-electron chi connectivity index (χ1n) is 5.92. The Morgan fingerprint density at radius 2 is 1.93 bits per heavy atom. The molecule has 0 spiro atoms. The molecule has 0 amide bonds. The molecule has 0 heterocycles. The highest BCUT2D eigenvalue weighted by Gasteiger charge is 2.24. The SMILES string of the molecule is CCCNC(C)(CO)COC(C)C(C)C. The molecule has 0 aromatic rings. The summed E-state index contributed by atoms with van der Waals surface area (Å²) >= 11 is 0. The summed E-state index contributed by atoms with van der Waals surface area (Å²) in [4.78, 5) is 0. The number of rotatable bonds is 8. The Balaban J connectivity index is 3.96. The molecule has 2 unspecified atom stereocenters. The Morgan fingerprint density at radius 3 is 2.33 bits per heavy atom. The van der Waals surface area contributed by atoms with Gasteiger partial charge in [0, 0.05) is 0 Å². The molecular formula is C12H27NO2. The monoisotopic (exact) mass is 217 g/mol. The van der Waals surface area contributed by atoms with Gasteiger partial charge in [0.15, 0.2) is 0 Å². The molecule has 0 fully saturated rings. The van der Waals surface area contributed by atoms with E-state index in [0.717, 1.165) is 13.0 Å². The molecule has 0 bridgehead atoms. The van der Waals surface area contributed by atoms with Crippen molar-refractivity contribution in [2.24, 2.45) is 5.92 Å². The predicted octanol–water partition coefficient (Wildman–Crippen LogP) is 1.80. The fraction of sp³-hybridized carbons (Fsp3) is 1.00. The zero-order valence-electron chi connectivity index (χ0n) is 10.8. The molecule has 0 rings (SSSR count). The maximum atomic E-state index is 9.32. The topological polar surface area (TPSA) is 41.5 Å². The first-order chi connectivity index (χ1) is 6.95. The molecule has 92 valence electrons. The van der Waals surface area contributed by atoms with Gasteiger partial charge in [0.05, 0.1) is 24.9 Å². The summed E-state index contributed by atoms with van der Waals surface area (Å²) in [7, 11) is 0. The van der Waals surface area contributed by atoms with Crippen LogP contribution in [-0.2, 0) is 4.74 Å². The molecule has 15 heavy (non-hydrogen) atoms. The standard InChI is InChI=1S/C12H27NO2/c1-6-7-13-12(5,8-14)9-15-11(4)10(2)3/h10-11,13-14H,6-9H2,1-5H3. The Kier molecular flexibility index (Phi) is 7.14. The Bertz CT molecular complexity index is 162. The van der Waals surface area contributed by atoms with Crippen LogP contribution in [0.3, 0.4) is 0 Å². The third-order valence-corrected chi connectivity index (χ3v) is 2.75. The summed E-state index contributed by atoms with van der Waals surface area (Å²) in [5, 5.41) is 12.6. The summed E-state index contributed by atoms with van der Waals surface area (Å²) in [5.41, 5.74) is -0.306. The van der Waals surface area contributed by atoms with Crippen LogP contribution < -0.4 is 5.32 Å². The Hall–Kier alpha value is -0.120. The number of aliphatic hydroxyl groups is 1. The minimum absolute atomic E-state index is 0.109. The van der Waals surface area contributed by atoms with Crippen LogP contribution in [0, 0.1) is 5.92 Å². The van der Waals surface area contributed by atoms with E-state index in [4.69, 9.17) is 4.74 Å². The van der Waals surface area contributed by atoms with Crippen molar-refractivity contribution in [3.8, 4) is 0 Å². The molecule has 0 saturated heterocycles. The number of ether oxygens (including phenoxy) is 1. The van der Waals surface area contributed by atoms with E-state index in [1.807, 2.05) is 6.92 Å². The van der Waals surface area contributed by atoms with E-state index >= 15 is 0 Å². The van der Waals surface area contributed by atoms with E-state index in [-0.39, 0.29) is 18.2 Å². The maximum absolute atomic E-state index is 9.32. The van der Waals surface area contributed by atoms with Crippen molar-refractivity contribution in [2.45, 2.75) is 52.7 Å². The minimum Gasteiger partial charge on any atom is -0.394 e. The lowest BCUT2D eigenvalue weighted by molar-refractivity contribution is -0.0146. The second-order valence-corrected chi connectivity index (χ2v) is 4.91. The van der Waals surface area contributed by atoms with E-state index in [9.17, 15) is 5.11 Å². The molecule has 3 heteroatoms. The number of hydrogen-bond acceptors (Lipinski definition) is 3. The second-order valence-electron chi connectivity index (χ2n) is 4.91. The fourth-order valence-electron chi connectivity index (χ4n) is 1.09. The molecule has 2 N–H and O–H groups in total. The average molecular weight is 217 g/mol. The highest BCUT2D eigenvalue weighted by atomic mass is 16.5. The zero-order chi connectivity index (χ0) is 11.9. The predicted molar refractivity (Wildman–Crippen MR) is 64.0 cm³/mol. The molecule has 0 aliphatic heterocycles. The van der Waals surface area contributed by atoms with Gasteiger partial charge >= 0.3 is 0 Å². The van der Waals surface area contributed by atoms with Gasteiger partial charge in [-0.1, -0.05) is 20.8 Å². The smallest absolute Gasteiger partial charge is 0.0671 e. The molecule has 0 saturated carbocycles. The minimum atomic E-state index is -0.306. The number of hydrogen-bond donors (Lipinski definition) is 2. The first-order valence-corrected chi connectivity index (χ1v) is 5.92. The normalized spacial score (nSPS) is 17.8. The summed E-state index contributed by atoms with van der Waals surface area (Å²) < 4.78 is 5.73. The van der Waals surface area contributed by atoms with Gasteiger partial charge in [-0.05, 0) is 32.7 Å². The quantitative estimate of drug-likeness (QED) is 0.651. The van der Waals surface area contributed by atoms with E-state index in [1.54, 1.807) is 0 Å². The second kappa shape index (κ2) is 7.20. The summed E-state index contributed by atoms with van der Waals surface area (Å²) in [6.45, 7) is 12.0. The highest BCUT2D eigenvalue weighted by molar-refractivity contribution is 4.82. The Labute approximate surface area is 94.2 Å². The lowest BCUT2D eigenvalue weighted by Gasteiger charge is -2.30. The third kappa shape index (κ3) is 6.13. The fourth-order valence-corrected chi connectivity index (χ4v) is 1.09. The number of nitrogens with one attached hydrogen (secondary N) is 1. The van der Waals surface area contributed by atoms with Crippen molar-refractivity contribution < 1.29 is 9.84 Å². The lowest BCUT2D eigenvalue weighted by atomic mass is 10.0. The van der Waals surface area contributed by atoms with E-state index < -0.39 is 0 Å². The van der Waals surface area contributed by atoms with Crippen molar-refractivity contribution in [3.05, 3.63) is 0 Å². The molecule has 0 radical (unpaired) electrons.